The first-order valence-electron chi connectivity index (χ1n) is 17.5. The van der Waals surface area contributed by atoms with Gasteiger partial charge in [-0.3, -0.25) is 0 Å². The zero-order valence-corrected chi connectivity index (χ0v) is 28.7. The summed E-state index contributed by atoms with van der Waals surface area (Å²) >= 11 is 1.94. The van der Waals surface area contributed by atoms with Crippen LogP contribution in [0.15, 0.2) is 158 Å². The quantitative estimate of drug-likeness (QED) is 0.163. The first kappa shape index (κ1) is 28.1. The van der Waals surface area contributed by atoms with Crippen molar-refractivity contribution in [3.05, 3.63) is 169 Å². The molecule has 0 atom stereocenters. The predicted molar refractivity (Wildman–Crippen MR) is 218 cm³/mol. The van der Waals surface area contributed by atoms with Crippen molar-refractivity contribution in [1.82, 2.24) is 0 Å². The Labute approximate surface area is 294 Å². The van der Waals surface area contributed by atoms with Crippen molar-refractivity contribution in [3.8, 4) is 33.4 Å². The van der Waals surface area contributed by atoms with Crippen LogP contribution in [-0.2, 0) is 5.41 Å². The van der Waals surface area contributed by atoms with Crippen molar-refractivity contribution in [2.24, 2.45) is 0 Å². The normalized spacial score (nSPS) is 13.6. The second-order valence-electron chi connectivity index (χ2n) is 14.4. The zero-order chi connectivity index (χ0) is 33.1. The summed E-state index contributed by atoms with van der Waals surface area (Å²) in [7, 11) is 0. The Morgan fingerprint density at radius 2 is 0.980 bits per heavy atom. The van der Waals surface area contributed by atoms with Gasteiger partial charge in [-0.1, -0.05) is 153 Å². The molecule has 0 unspecified atom stereocenters. The molecule has 11 rings (SSSR count). The highest BCUT2D eigenvalue weighted by Crippen LogP contribution is 2.55. The Hall–Kier alpha value is -5.76. The van der Waals surface area contributed by atoms with Crippen molar-refractivity contribution in [3.63, 3.8) is 0 Å². The Bertz CT molecular complexity index is 3010. The van der Waals surface area contributed by atoms with E-state index in [9.17, 15) is 0 Å². The molecule has 0 saturated carbocycles. The van der Waals surface area contributed by atoms with Crippen LogP contribution in [-0.4, -0.2) is 0 Å². The molecule has 0 nitrogen and oxygen atoms in total. The lowest BCUT2D eigenvalue weighted by Gasteiger charge is -2.24. The van der Waals surface area contributed by atoms with Gasteiger partial charge < -0.3 is 0 Å². The van der Waals surface area contributed by atoms with Gasteiger partial charge in [0, 0.05) is 31.0 Å². The van der Waals surface area contributed by atoms with Crippen LogP contribution in [0.2, 0.25) is 0 Å². The van der Waals surface area contributed by atoms with Crippen LogP contribution in [0.4, 0.5) is 0 Å². The van der Waals surface area contributed by atoms with Crippen molar-refractivity contribution in [2.75, 3.05) is 0 Å². The molecule has 0 saturated heterocycles. The van der Waals surface area contributed by atoms with Gasteiger partial charge >= 0.3 is 0 Å². The van der Waals surface area contributed by atoms with Crippen LogP contribution in [0.5, 0.6) is 0 Å². The van der Waals surface area contributed by atoms with Crippen LogP contribution in [0.25, 0.3) is 96.6 Å². The SMILES string of the molecule is CC1(C)c2ccc(-c3c4ccccc4c(-c4ccc5ccccc5c4)c4ccccc34)cc2-c2ccc3ccc4c5ccccc5sc4c3c21. The van der Waals surface area contributed by atoms with Crippen LogP contribution in [0.3, 0.4) is 0 Å². The molecule has 0 N–H and O–H groups in total. The van der Waals surface area contributed by atoms with Crippen LogP contribution < -0.4 is 0 Å². The van der Waals surface area contributed by atoms with E-state index in [4.69, 9.17) is 0 Å². The van der Waals surface area contributed by atoms with Crippen LogP contribution >= 0.6 is 11.3 Å². The standard InChI is InChI=1S/C49H32S/c1-49(2)42-26-23-33(28-41(42)39-24-21-30-22-25-40-34-13-9-10-18-43(34)50-48(40)46(30)47(39)49)45-37-16-7-5-14-35(37)44(36-15-6-8-17-38(36)45)32-20-19-29-11-3-4-12-31(29)27-32/h3-28H,1-2H3. The predicted octanol–water partition coefficient (Wildman–Crippen LogP) is 14.3. The van der Waals surface area contributed by atoms with E-state index in [1.807, 2.05) is 11.3 Å². The lowest BCUT2D eigenvalue weighted by molar-refractivity contribution is 0.667. The second-order valence-corrected chi connectivity index (χ2v) is 15.5. The minimum atomic E-state index is -0.128. The van der Waals surface area contributed by atoms with E-state index in [1.165, 1.54) is 108 Å². The molecule has 1 heteroatoms. The van der Waals surface area contributed by atoms with Crippen molar-refractivity contribution in [1.29, 1.82) is 0 Å². The molecule has 0 aliphatic heterocycles. The average Bonchev–Trinajstić information content (AvgIpc) is 3.65. The molecular weight excluding hydrogens is 621 g/mol. The topological polar surface area (TPSA) is 0 Å². The van der Waals surface area contributed by atoms with Crippen LogP contribution in [0.1, 0.15) is 25.0 Å². The fraction of sp³-hybridized carbons (Fsp3) is 0.0612. The fourth-order valence-corrected chi connectivity index (χ4v) is 10.4. The third kappa shape index (κ3) is 3.76. The van der Waals surface area contributed by atoms with Gasteiger partial charge in [-0.05, 0) is 100 Å². The summed E-state index contributed by atoms with van der Waals surface area (Å²) in [6.45, 7) is 4.85. The Morgan fingerprint density at radius 1 is 0.420 bits per heavy atom. The summed E-state index contributed by atoms with van der Waals surface area (Å²) in [5.41, 5.74) is 10.6. The first-order valence-corrected chi connectivity index (χ1v) is 18.3. The summed E-state index contributed by atoms with van der Waals surface area (Å²) in [6.07, 6.45) is 0. The van der Waals surface area contributed by atoms with E-state index < -0.39 is 0 Å². The van der Waals surface area contributed by atoms with Crippen LogP contribution in [0, 0.1) is 0 Å². The van der Waals surface area contributed by atoms with Gasteiger partial charge in [0.25, 0.3) is 0 Å². The minimum Gasteiger partial charge on any atom is -0.135 e. The van der Waals surface area contributed by atoms with Crippen molar-refractivity contribution >= 4 is 74.6 Å². The van der Waals surface area contributed by atoms with Crippen molar-refractivity contribution < 1.29 is 0 Å². The number of fused-ring (bicyclic) bond motifs is 12. The summed E-state index contributed by atoms with van der Waals surface area (Å²) in [6, 6.07) is 59.1. The van der Waals surface area contributed by atoms with Gasteiger partial charge in [0.15, 0.2) is 0 Å². The smallest absolute Gasteiger partial charge is 0.0437 e. The van der Waals surface area contributed by atoms with Gasteiger partial charge in [-0.25, -0.2) is 0 Å². The molecule has 1 heterocycles. The van der Waals surface area contributed by atoms with Gasteiger partial charge in [-0.2, -0.15) is 0 Å². The Balaban J connectivity index is 1.18. The highest BCUT2D eigenvalue weighted by molar-refractivity contribution is 7.26. The molecule has 1 aliphatic rings. The van der Waals surface area contributed by atoms with Crippen molar-refractivity contribution in [2.45, 2.75) is 19.3 Å². The summed E-state index contributed by atoms with van der Waals surface area (Å²) < 4.78 is 2.76. The molecule has 0 bridgehead atoms. The number of rotatable bonds is 2. The fourth-order valence-electron chi connectivity index (χ4n) is 9.16. The summed E-state index contributed by atoms with van der Waals surface area (Å²) in [5, 5.41) is 13.1. The van der Waals surface area contributed by atoms with E-state index in [1.54, 1.807) is 0 Å². The van der Waals surface area contributed by atoms with E-state index in [-0.39, 0.29) is 5.41 Å². The number of hydrogen-bond acceptors (Lipinski definition) is 1. The maximum absolute atomic E-state index is 2.49. The number of hydrogen-bond donors (Lipinski definition) is 0. The van der Waals surface area contributed by atoms with Gasteiger partial charge in [-0.15, -0.1) is 11.3 Å². The molecular formula is C49H32S. The monoisotopic (exact) mass is 652 g/mol. The molecule has 0 amide bonds. The molecule has 10 aromatic rings. The summed E-state index contributed by atoms with van der Waals surface area (Å²) in [4.78, 5) is 0. The van der Waals surface area contributed by atoms with Gasteiger partial charge in [0.2, 0.25) is 0 Å². The molecule has 0 radical (unpaired) electrons. The highest BCUT2D eigenvalue weighted by atomic mass is 32.1. The molecule has 1 aliphatic carbocycles. The lowest BCUT2D eigenvalue weighted by atomic mass is 9.79. The highest BCUT2D eigenvalue weighted by Gasteiger charge is 2.38. The third-order valence-corrected chi connectivity index (χ3v) is 12.6. The Kier molecular flexibility index (Phi) is 5.70. The van der Waals surface area contributed by atoms with Gasteiger partial charge in [0.05, 0.1) is 0 Å². The number of thiophene rings is 1. The second kappa shape index (κ2) is 10.1. The van der Waals surface area contributed by atoms with E-state index >= 15 is 0 Å². The lowest BCUT2D eigenvalue weighted by Crippen LogP contribution is -2.15. The summed E-state index contributed by atoms with van der Waals surface area (Å²) in [5.74, 6) is 0. The third-order valence-electron chi connectivity index (χ3n) is 11.4. The minimum absolute atomic E-state index is 0.128. The van der Waals surface area contributed by atoms with E-state index in [0.717, 1.165) is 0 Å². The largest absolute Gasteiger partial charge is 0.135 e. The molecule has 234 valence electrons. The maximum atomic E-state index is 2.49. The molecule has 0 spiro atoms. The zero-order valence-electron chi connectivity index (χ0n) is 27.9. The van der Waals surface area contributed by atoms with E-state index in [2.05, 4.69) is 172 Å². The number of benzene rings is 9. The van der Waals surface area contributed by atoms with E-state index in [0.29, 0.717) is 0 Å². The molecule has 1 aromatic heterocycles. The average molecular weight is 653 g/mol. The van der Waals surface area contributed by atoms with Gasteiger partial charge in [0.1, 0.15) is 0 Å². The molecule has 50 heavy (non-hydrogen) atoms. The Morgan fingerprint density at radius 3 is 1.70 bits per heavy atom. The maximum Gasteiger partial charge on any atom is 0.0437 e. The molecule has 0 fully saturated rings. The first-order chi connectivity index (χ1) is 24.6. The molecule has 9 aromatic carbocycles.